The Balaban J connectivity index is 3.00. The quantitative estimate of drug-likeness (QED) is 0.778. The van der Waals surface area contributed by atoms with Crippen molar-refractivity contribution in [2.75, 3.05) is 19.0 Å². The molecule has 0 bridgehead atoms. The van der Waals surface area contributed by atoms with E-state index in [-0.39, 0.29) is 12.2 Å². The number of hydrogen-bond donors (Lipinski definition) is 2. The van der Waals surface area contributed by atoms with Gasteiger partial charge in [0.1, 0.15) is 10.6 Å². The molecule has 0 radical (unpaired) electrons. The summed E-state index contributed by atoms with van der Waals surface area (Å²) in [6, 6.07) is 0. The summed E-state index contributed by atoms with van der Waals surface area (Å²) in [5.41, 5.74) is 0.694. The van der Waals surface area contributed by atoms with Gasteiger partial charge in [0, 0.05) is 13.7 Å². The van der Waals surface area contributed by atoms with Gasteiger partial charge in [-0.25, -0.2) is 4.79 Å². The predicted octanol–water partition coefficient (Wildman–Crippen LogP) is 1.42. The fourth-order valence-corrected chi connectivity index (χ4v) is 1.91. The maximum atomic E-state index is 10.9. The van der Waals surface area contributed by atoms with E-state index < -0.39 is 5.97 Å². The lowest BCUT2D eigenvalue weighted by Crippen LogP contribution is -2.06. The van der Waals surface area contributed by atoms with E-state index >= 15 is 0 Å². The van der Waals surface area contributed by atoms with Crippen molar-refractivity contribution in [2.45, 2.75) is 13.5 Å². The second-order valence-electron chi connectivity index (χ2n) is 2.60. The summed E-state index contributed by atoms with van der Waals surface area (Å²) in [5.74, 6) is -0.971. The minimum absolute atomic E-state index is 0.221. The Hall–Kier alpha value is -1.14. The van der Waals surface area contributed by atoms with E-state index in [2.05, 4.69) is 9.69 Å². The molecule has 0 spiro atoms. The second kappa shape index (κ2) is 4.92. The van der Waals surface area contributed by atoms with Crippen molar-refractivity contribution in [3.8, 4) is 0 Å². The van der Waals surface area contributed by atoms with Gasteiger partial charge in [-0.1, -0.05) is 0 Å². The largest absolute Gasteiger partial charge is 0.478 e. The molecule has 1 aromatic rings. The molecule has 0 aliphatic rings. The molecule has 0 aliphatic carbocycles. The number of nitrogens with one attached hydrogen (secondary N) is 1. The zero-order valence-electron chi connectivity index (χ0n) is 8.03. The SMILES string of the molecule is CCNc1snc(COC)c1C(=O)O. The first kappa shape index (κ1) is 10.9. The van der Waals surface area contributed by atoms with E-state index in [0.29, 0.717) is 17.2 Å². The van der Waals surface area contributed by atoms with Crippen LogP contribution in [0.4, 0.5) is 5.00 Å². The number of carboxylic acid groups (broad SMARTS) is 1. The van der Waals surface area contributed by atoms with Crippen LogP contribution in [0.25, 0.3) is 0 Å². The third-order valence-electron chi connectivity index (χ3n) is 1.60. The summed E-state index contributed by atoms with van der Waals surface area (Å²) in [5, 5.41) is 12.5. The van der Waals surface area contributed by atoms with Crippen molar-refractivity contribution in [2.24, 2.45) is 0 Å². The molecule has 1 heterocycles. The number of hydrogen-bond acceptors (Lipinski definition) is 5. The molecule has 0 saturated heterocycles. The highest BCUT2D eigenvalue weighted by Crippen LogP contribution is 2.25. The van der Waals surface area contributed by atoms with Crippen molar-refractivity contribution < 1.29 is 14.6 Å². The Labute approximate surface area is 85.9 Å². The molecule has 2 N–H and O–H groups in total. The Bertz CT molecular complexity index is 301. The predicted molar refractivity (Wildman–Crippen MR) is 54.0 cm³/mol. The number of aromatic carboxylic acids is 1. The van der Waals surface area contributed by atoms with Crippen molar-refractivity contribution >= 4 is 22.5 Å². The first-order valence-electron chi connectivity index (χ1n) is 4.15. The lowest BCUT2D eigenvalue weighted by atomic mass is 10.2. The summed E-state index contributed by atoms with van der Waals surface area (Å²) >= 11 is 1.15. The molecule has 0 aliphatic heterocycles. The Kier molecular flexibility index (Phi) is 3.84. The number of rotatable bonds is 5. The Morgan fingerprint density at radius 2 is 2.43 bits per heavy atom. The molecule has 0 atom stereocenters. The molecule has 0 aromatic carbocycles. The monoisotopic (exact) mass is 216 g/mol. The first-order valence-corrected chi connectivity index (χ1v) is 4.92. The summed E-state index contributed by atoms with van der Waals surface area (Å²) in [7, 11) is 1.51. The number of methoxy groups -OCH3 is 1. The first-order chi connectivity index (χ1) is 6.70. The van der Waals surface area contributed by atoms with E-state index in [1.165, 1.54) is 7.11 Å². The van der Waals surface area contributed by atoms with Gasteiger partial charge in [-0.2, -0.15) is 4.37 Å². The number of anilines is 1. The average molecular weight is 216 g/mol. The van der Waals surface area contributed by atoms with Gasteiger partial charge in [-0.05, 0) is 18.5 Å². The number of ether oxygens (including phenoxy) is 1. The smallest absolute Gasteiger partial charge is 0.340 e. The van der Waals surface area contributed by atoms with E-state index in [1.807, 2.05) is 6.92 Å². The van der Waals surface area contributed by atoms with Crippen LogP contribution in [0.5, 0.6) is 0 Å². The number of nitrogens with zero attached hydrogens (tertiary/aromatic N) is 1. The molecule has 14 heavy (non-hydrogen) atoms. The molecular formula is C8H12N2O3S. The molecular weight excluding hydrogens is 204 g/mol. The maximum Gasteiger partial charge on any atom is 0.340 e. The fraction of sp³-hybridized carbons (Fsp3) is 0.500. The van der Waals surface area contributed by atoms with Gasteiger partial charge < -0.3 is 15.2 Å². The molecule has 0 amide bonds. The summed E-state index contributed by atoms with van der Waals surface area (Å²) in [6.45, 7) is 2.81. The normalized spacial score (nSPS) is 10.1. The van der Waals surface area contributed by atoms with Crippen LogP contribution < -0.4 is 5.32 Å². The minimum Gasteiger partial charge on any atom is -0.478 e. The van der Waals surface area contributed by atoms with Crippen LogP contribution in [0, 0.1) is 0 Å². The molecule has 5 nitrogen and oxygen atoms in total. The maximum absolute atomic E-state index is 10.9. The molecule has 78 valence electrons. The Morgan fingerprint density at radius 3 is 2.93 bits per heavy atom. The van der Waals surface area contributed by atoms with Crippen molar-refractivity contribution in [3.63, 3.8) is 0 Å². The molecule has 1 aromatic heterocycles. The van der Waals surface area contributed by atoms with Gasteiger partial charge >= 0.3 is 5.97 Å². The third-order valence-corrected chi connectivity index (χ3v) is 2.44. The van der Waals surface area contributed by atoms with Crippen LogP contribution in [0.1, 0.15) is 23.0 Å². The van der Waals surface area contributed by atoms with Crippen molar-refractivity contribution in [1.82, 2.24) is 4.37 Å². The van der Waals surface area contributed by atoms with Gasteiger partial charge in [-0.3, -0.25) is 0 Å². The zero-order chi connectivity index (χ0) is 10.6. The van der Waals surface area contributed by atoms with Gasteiger partial charge in [0.15, 0.2) is 0 Å². The molecule has 0 saturated carbocycles. The minimum atomic E-state index is -0.971. The van der Waals surface area contributed by atoms with Gasteiger partial charge in [-0.15, -0.1) is 0 Å². The summed E-state index contributed by atoms with van der Waals surface area (Å²) < 4.78 is 8.88. The highest BCUT2D eigenvalue weighted by molar-refractivity contribution is 7.10. The van der Waals surface area contributed by atoms with Crippen LogP contribution >= 0.6 is 11.5 Å². The third kappa shape index (κ3) is 2.21. The van der Waals surface area contributed by atoms with Crippen LogP contribution in [0.2, 0.25) is 0 Å². The van der Waals surface area contributed by atoms with Gasteiger partial charge in [0.05, 0.1) is 12.3 Å². The van der Waals surface area contributed by atoms with E-state index in [0.717, 1.165) is 11.5 Å². The molecule has 1 rings (SSSR count). The van der Waals surface area contributed by atoms with Gasteiger partial charge in [0.2, 0.25) is 0 Å². The Morgan fingerprint density at radius 1 is 1.71 bits per heavy atom. The highest BCUT2D eigenvalue weighted by atomic mass is 32.1. The van der Waals surface area contributed by atoms with E-state index in [1.54, 1.807) is 0 Å². The lowest BCUT2D eigenvalue weighted by molar-refractivity contribution is 0.0693. The number of carboxylic acids is 1. The van der Waals surface area contributed by atoms with Gasteiger partial charge in [0.25, 0.3) is 0 Å². The average Bonchev–Trinajstić information content (AvgIpc) is 2.49. The number of aromatic nitrogens is 1. The zero-order valence-corrected chi connectivity index (χ0v) is 8.85. The standard InChI is InChI=1S/C8H12N2O3S/c1-3-9-7-6(8(11)12)5(4-13-2)10-14-7/h9H,3-4H2,1-2H3,(H,11,12). The fourth-order valence-electron chi connectivity index (χ4n) is 1.06. The second-order valence-corrected chi connectivity index (χ2v) is 3.38. The summed E-state index contributed by atoms with van der Waals surface area (Å²) in [4.78, 5) is 10.9. The van der Waals surface area contributed by atoms with Crippen LogP contribution in [0.3, 0.4) is 0 Å². The molecule has 0 fully saturated rings. The van der Waals surface area contributed by atoms with Crippen molar-refractivity contribution in [3.05, 3.63) is 11.3 Å². The van der Waals surface area contributed by atoms with Crippen LogP contribution in [-0.4, -0.2) is 29.1 Å². The number of carbonyl (C=O) groups is 1. The lowest BCUT2D eigenvalue weighted by Gasteiger charge is -2.01. The summed E-state index contributed by atoms with van der Waals surface area (Å²) in [6.07, 6.45) is 0. The highest BCUT2D eigenvalue weighted by Gasteiger charge is 2.19. The topological polar surface area (TPSA) is 71.5 Å². The molecule has 6 heteroatoms. The van der Waals surface area contributed by atoms with E-state index in [4.69, 9.17) is 9.84 Å². The van der Waals surface area contributed by atoms with E-state index in [9.17, 15) is 4.79 Å². The van der Waals surface area contributed by atoms with Crippen LogP contribution in [0.15, 0.2) is 0 Å². The van der Waals surface area contributed by atoms with Crippen LogP contribution in [-0.2, 0) is 11.3 Å². The van der Waals surface area contributed by atoms with Crippen molar-refractivity contribution in [1.29, 1.82) is 0 Å². The molecule has 0 unspecified atom stereocenters.